The molecule has 2 aromatic heterocycles. The highest BCUT2D eigenvalue weighted by molar-refractivity contribution is 5.70. The molecular weight excluding hydrogens is 266 g/mol. The van der Waals surface area contributed by atoms with E-state index >= 15 is 0 Å². The number of nitrogen functional groups attached to an aromatic ring is 1. The maximum absolute atomic E-state index is 11.7. The highest BCUT2D eigenvalue weighted by Gasteiger charge is 2.32. The van der Waals surface area contributed by atoms with E-state index < -0.39 is 17.8 Å². The molecule has 0 saturated carbocycles. The van der Waals surface area contributed by atoms with Crippen molar-refractivity contribution in [3.63, 3.8) is 0 Å². The number of nitrogens with one attached hydrogen (secondary N) is 1. The second-order valence-corrected chi connectivity index (χ2v) is 4.73. The van der Waals surface area contributed by atoms with Crippen LogP contribution < -0.4 is 11.3 Å². The first kappa shape index (κ1) is 13.0. The largest absolute Gasteiger partial charge is 0.394 e. The molecule has 0 aromatic carbocycles. The lowest BCUT2D eigenvalue weighted by Crippen LogP contribution is -2.29. The standard InChI is InChI=1S/C11H15N5O4/c12-11-14-9-8(10(19)15-11)13-4-16(9)7-2-1-6(20-7)5(18)3-17/h4-7,17-18H,1-3H2,(H3,12,14,15,19)/t5?,6?,7-/m1/s1. The lowest BCUT2D eigenvalue weighted by molar-refractivity contribution is -0.0729. The first-order valence-corrected chi connectivity index (χ1v) is 6.27. The Labute approximate surface area is 113 Å². The number of nitrogens with zero attached hydrogens (tertiary/aromatic N) is 3. The summed E-state index contributed by atoms with van der Waals surface area (Å²) in [5.74, 6) is 0.00851. The van der Waals surface area contributed by atoms with Gasteiger partial charge in [0.25, 0.3) is 5.56 Å². The first-order valence-electron chi connectivity index (χ1n) is 6.27. The van der Waals surface area contributed by atoms with Crippen molar-refractivity contribution in [1.82, 2.24) is 19.5 Å². The van der Waals surface area contributed by atoms with Crippen molar-refractivity contribution in [1.29, 1.82) is 0 Å². The summed E-state index contributed by atoms with van der Waals surface area (Å²) in [6, 6.07) is 0. The predicted octanol–water partition coefficient (Wildman–Crippen LogP) is -1.27. The average Bonchev–Trinajstić information content (AvgIpc) is 3.03. The molecule has 0 bridgehead atoms. The van der Waals surface area contributed by atoms with Crippen LogP contribution in [0, 0.1) is 0 Å². The van der Waals surface area contributed by atoms with Crippen molar-refractivity contribution < 1.29 is 14.9 Å². The summed E-state index contributed by atoms with van der Waals surface area (Å²) in [4.78, 5) is 22.1. The normalized spacial score (nSPS) is 24.3. The second kappa shape index (κ2) is 4.85. The Morgan fingerprint density at radius 2 is 2.40 bits per heavy atom. The third-order valence-corrected chi connectivity index (χ3v) is 3.41. The van der Waals surface area contributed by atoms with Crippen LogP contribution in [-0.2, 0) is 4.74 Å². The molecule has 1 saturated heterocycles. The van der Waals surface area contributed by atoms with Crippen molar-refractivity contribution in [2.45, 2.75) is 31.3 Å². The number of aromatic nitrogens is 4. The summed E-state index contributed by atoms with van der Waals surface area (Å²) < 4.78 is 7.28. The van der Waals surface area contributed by atoms with Crippen molar-refractivity contribution >= 4 is 17.1 Å². The molecule has 9 nitrogen and oxygen atoms in total. The zero-order valence-corrected chi connectivity index (χ0v) is 10.6. The molecule has 20 heavy (non-hydrogen) atoms. The lowest BCUT2D eigenvalue weighted by atomic mass is 10.1. The van der Waals surface area contributed by atoms with Crippen LogP contribution in [0.5, 0.6) is 0 Å². The zero-order chi connectivity index (χ0) is 14.3. The molecule has 1 fully saturated rings. The fourth-order valence-corrected chi connectivity index (χ4v) is 2.40. The van der Waals surface area contributed by atoms with E-state index in [0.717, 1.165) is 0 Å². The molecule has 0 aliphatic carbocycles. The minimum atomic E-state index is -0.920. The number of nitrogens with two attached hydrogens (primary N) is 1. The van der Waals surface area contributed by atoms with Crippen molar-refractivity contribution in [2.75, 3.05) is 12.3 Å². The Morgan fingerprint density at radius 1 is 1.60 bits per heavy atom. The second-order valence-electron chi connectivity index (χ2n) is 4.73. The summed E-state index contributed by atoms with van der Waals surface area (Å²) in [6.07, 6.45) is 0.940. The minimum Gasteiger partial charge on any atom is -0.394 e. The molecule has 108 valence electrons. The van der Waals surface area contributed by atoms with Crippen LogP contribution in [0.4, 0.5) is 5.95 Å². The molecule has 1 aliphatic heterocycles. The molecule has 5 N–H and O–H groups in total. The van der Waals surface area contributed by atoms with Gasteiger partial charge in [-0.1, -0.05) is 0 Å². The van der Waals surface area contributed by atoms with Gasteiger partial charge >= 0.3 is 0 Å². The number of imidazole rings is 1. The van der Waals surface area contributed by atoms with Gasteiger partial charge in [0.1, 0.15) is 12.3 Å². The molecule has 0 spiro atoms. The highest BCUT2D eigenvalue weighted by Crippen LogP contribution is 2.31. The number of aliphatic hydroxyl groups excluding tert-OH is 2. The van der Waals surface area contributed by atoms with Crippen LogP contribution in [0.1, 0.15) is 19.1 Å². The molecule has 3 atom stereocenters. The number of rotatable bonds is 3. The molecular formula is C11H15N5O4. The molecule has 3 rings (SSSR count). The fourth-order valence-electron chi connectivity index (χ4n) is 2.40. The van der Waals surface area contributed by atoms with Crippen LogP contribution >= 0.6 is 0 Å². The number of hydrogen-bond donors (Lipinski definition) is 4. The van der Waals surface area contributed by atoms with Crippen LogP contribution in [-0.4, -0.2) is 48.5 Å². The van der Waals surface area contributed by atoms with Gasteiger partial charge in [-0.2, -0.15) is 4.98 Å². The Bertz CT molecular complexity index is 681. The maximum Gasteiger partial charge on any atom is 0.280 e. The van der Waals surface area contributed by atoms with Crippen molar-refractivity contribution in [3.05, 3.63) is 16.7 Å². The SMILES string of the molecule is Nc1nc2c(ncn2[C@H]2CCC(C(O)CO)O2)c(=O)[nH]1. The fraction of sp³-hybridized carbons (Fsp3) is 0.545. The molecule has 0 amide bonds. The molecule has 1 aliphatic rings. The number of ether oxygens (including phenoxy) is 1. The first-order chi connectivity index (χ1) is 9.60. The smallest absolute Gasteiger partial charge is 0.280 e. The van der Waals surface area contributed by atoms with E-state index in [1.54, 1.807) is 4.57 Å². The Morgan fingerprint density at radius 3 is 3.15 bits per heavy atom. The summed E-state index contributed by atoms with van der Waals surface area (Å²) in [5, 5.41) is 18.5. The highest BCUT2D eigenvalue weighted by atomic mass is 16.5. The maximum atomic E-state index is 11.7. The van der Waals surface area contributed by atoms with Crippen LogP contribution in [0.2, 0.25) is 0 Å². The van der Waals surface area contributed by atoms with Crippen LogP contribution in [0.3, 0.4) is 0 Å². The number of hydrogen-bond acceptors (Lipinski definition) is 7. The Kier molecular flexibility index (Phi) is 3.16. The average molecular weight is 281 g/mol. The van der Waals surface area contributed by atoms with Crippen LogP contribution in [0.25, 0.3) is 11.2 Å². The summed E-state index contributed by atoms with van der Waals surface area (Å²) >= 11 is 0. The van der Waals surface area contributed by atoms with E-state index in [1.807, 2.05) is 0 Å². The molecule has 2 aromatic rings. The van der Waals surface area contributed by atoms with E-state index in [4.69, 9.17) is 15.6 Å². The van der Waals surface area contributed by atoms with E-state index in [0.29, 0.717) is 18.5 Å². The van der Waals surface area contributed by atoms with Gasteiger partial charge in [-0.25, -0.2) is 4.98 Å². The number of aliphatic hydroxyl groups is 2. The molecule has 3 heterocycles. The third-order valence-electron chi connectivity index (χ3n) is 3.41. The lowest BCUT2D eigenvalue weighted by Gasteiger charge is -2.18. The van der Waals surface area contributed by atoms with E-state index in [9.17, 15) is 9.90 Å². The summed E-state index contributed by atoms with van der Waals surface area (Å²) in [7, 11) is 0. The van der Waals surface area contributed by atoms with Gasteiger partial charge in [0.15, 0.2) is 11.2 Å². The predicted molar refractivity (Wildman–Crippen MR) is 68.8 cm³/mol. The number of anilines is 1. The van der Waals surface area contributed by atoms with Gasteiger partial charge in [0.2, 0.25) is 5.95 Å². The molecule has 9 heteroatoms. The van der Waals surface area contributed by atoms with Gasteiger partial charge in [-0.3, -0.25) is 14.3 Å². The van der Waals surface area contributed by atoms with Gasteiger partial charge in [-0.05, 0) is 12.8 Å². The molecule has 2 unspecified atom stereocenters. The Balaban J connectivity index is 1.94. The van der Waals surface area contributed by atoms with Crippen LogP contribution in [0.15, 0.2) is 11.1 Å². The number of aromatic amines is 1. The van der Waals surface area contributed by atoms with E-state index in [-0.39, 0.29) is 24.3 Å². The van der Waals surface area contributed by atoms with Gasteiger partial charge < -0.3 is 20.7 Å². The van der Waals surface area contributed by atoms with Gasteiger partial charge in [0.05, 0.1) is 19.0 Å². The van der Waals surface area contributed by atoms with Crippen molar-refractivity contribution in [2.24, 2.45) is 0 Å². The topological polar surface area (TPSA) is 139 Å². The molecule has 0 radical (unpaired) electrons. The Hall–Kier alpha value is -1.97. The third kappa shape index (κ3) is 2.05. The van der Waals surface area contributed by atoms with E-state index in [1.165, 1.54) is 6.33 Å². The number of H-pyrrole nitrogens is 1. The summed E-state index contributed by atoms with van der Waals surface area (Å²) in [6.45, 7) is -0.354. The minimum absolute atomic E-state index is 0.00851. The number of fused-ring (bicyclic) bond motifs is 1. The summed E-state index contributed by atoms with van der Waals surface area (Å²) in [5.41, 5.74) is 5.65. The quantitative estimate of drug-likeness (QED) is 0.550. The van der Waals surface area contributed by atoms with Gasteiger partial charge in [0, 0.05) is 0 Å². The van der Waals surface area contributed by atoms with E-state index in [2.05, 4.69) is 15.0 Å². The van der Waals surface area contributed by atoms with Crippen molar-refractivity contribution in [3.8, 4) is 0 Å². The monoisotopic (exact) mass is 281 g/mol. The van der Waals surface area contributed by atoms with Gasteiger partial charge in [-0.15, -0.1) is 0 Å². The zero-order valence-electron chi connectivity index (χ0n) is 10.6.